The molecule has 0 aliphatic carbocycles. The summed E-state index contributed by atoms with van der Waals surface area (Å²) < 4.78 is 2.44. The lowest BCUT2D eigenvalue weighted by Crippen LogP contribution is -1.95. The summed E-state index contributed by atoms with van der Waals surface area (Å²) >= 11 is 0. The number of rotatable bonds is 2. The summed E-state index contributed by atoms with van der Waals surface area (Å²) in [6.07, 6.45) is 0. The maximum absolute atomic E-state index is 2.44. The molecule has 0 atom stereocenters. The third-order valence-electron chi connectivity index (χ3n) is 7.11. The largest absolute Gasteiger partial charge is 0.309 e. The summed E-state index contributed by atoms with van der Waals surface area (Å²) in [6, 6.07) is 44.1. The molecule has 7 aromatic rings. The van der Waals surface area contributed by atoms with Crippen molar-refractivity contribution in [2.24, 2.45) is 0 Å². The van der Waals surface area contributed by atoms with Gasteiger partial charge in [0.05, 0.1) is 16.7 Å². The first-order valence-electron chi connectivity index (χ1n) is 11.8. The van der Waals surface area contributed by atoms with E-state index < -0.39 is 0 Å². The van der Waals surface area contributed by atoms with Gasteiger partial charge < -0.3 is 4.57 Å². The summed E-state index contributed by atoms with van der Waals surface area (Å²) in [4.78, 5) is 0. The van der Waals surface area contributed by atoms with E-state index in [1.54, 1.807) is 0 Å². The molecule has 0 bridgehead atoms. The highest BCUT2D eigenvalue weighted by molar-refractivity contribution is 6.12. The van der Waals surface area contributed by atoms with Crippen molar-refractivity contribution in [1.82, 2.24) is 4.57 Å². The Labute approximate surface area is 198 Å². The number of para-hydroxylation sites is 1. The molecule has 0 N–H and O–H groups in total. The maximum Gasteiger partial charge on any atom is 0.0547 e. The molecule has 1 aromatic heterocycles. The van der Waals surface area contributed by atoms with Crippen molar-refractivity contribution in [3.8, 4) is 16.8 Å². The molecule has 0 unspecified atom stereocenters. The van der Waals surface area contributed by atoms with Gasteiger partial charge >= 0.3 is 0 Å². The van der Waals surface area contributed by atoms with Gasteiger partial charge in [-0.1, -0.05) is 103 Å². The third kappa shape index (κ3) is 2.74. The SMILES string of the molecule is Cc1cccc2cccc(-c3ccc4c5ccccc5n(-c5cccc6ccccc56)c4c3)c12. The van der Waals surface area contributed by atoms with Gasteiger partial charge in [0.15, 0.2) is 0 Å². The zero-order valence-corrected chi connectivity index (χ0v) is 19.0. The zero-order valence-electron chi connectivity index (χ0n) is 19.0. The van der Waals surface area contributed by atoms with Crippen molar-refractivity contribution in [3.63, 3.8) is 0 Å². The van der Waals surface area contributed by atoms with E-state index in [2.05, 4.69) is 133 Å². The van der Waals surface area contributed by atoms with E-state index in [1.165, 1.54) is 65.7 Å². The fourth-order valence-corrected chi connectivity index (χ4v) is 5.57. The lowest BCUT2D eigenvalue weighted by atomic mass is 9.94. The second kappa shape index (κ2) is 7.33. The molecule has 7 rings (SSSR count). The topological polar surface area (TPSA) is 4.93 Å². The second-order valence-corrected chi connectivity index (χ2v) is 9.06. The van der Waals surface area contributed by atoms with Crippen molar-refractivity contribution in [1.29, 1.82) is 0 Å². The van der Waals surface area contributed by atoms with Crippen LogP contribution in [-0.2, 0) is 0 Å². The number of nitrogens with zero attached hydrogens (tertiary/aromatic N) is 1. The van der Waals surface area contributed by atoms with Gasteiger partial charge in [-0.3, -0.25) is 0 Å². The molecule has 1 nitrogen and oxygen atoms in total. The fourth-order valence-electron chi connectivity index (χ4n) is 5.57. The molecule has 0 saturated heterocycles. The van der Waals surface area contributed by atoms with E-state index in [4.69, 9.17) is 0 Å². The third-order valence-corrected chi connectivity index (χ3v) is 7.11. The Morgan fingerprint density at radius 2 is 1.18 bits per heavy atom. The van der Waals surface area contributed by atoms with Gasteiger partial charge in [0.2, 0.25) is 0 Å². The van der Waals surface area contributed by atoms with Crippen LogP contribution in [0.5, 0.6) is 0 Å². The molecule has 1 heterocycles. The van der Waals surface area contributed by atoms with E-state index in [9.17, 15) is 0 Å². The van der Waals surface area contributed by atoms with E-state index in [-0.39, 0.29) is 0 Å². The number of hydrogen-bond acceptors (Lipinski definition) is 0. The summed E-state index contributed by atoms with van der Waals surface area (Å²) in [7, 11) is 0. The van der Waals surface area contributed by atoms with Crippen LogP contribution in [0.25, 0.3) is 60.2 Å². The van der Waals surface area contributed by atoms with Crippen LogP contribution in [0.4, 0.5) is 0 Å². The smallest absolute Gasteiger partial charge is 0.0547 e. The van der Waals surface area contributed by atoms with Crippen LogP contribution in [0, 0.1) is 6.92 Å². The Kier molecular flexibility index (Phi) is 4.13. The molecular formula is C33H23N. The zero-order chi connectivity index (χ0) is 22.6. The van der Waals surface area contributed by atoms with Gasteiger partial charge in [0.25, 0.3) is 0 Å². The van der Waals surface area contributed by atoms with Crippen molar-refractivity contribution < 1.29 is 0 Å². The van der Waals surface area contributed by atoms with Crippen LogP contribution < -0.4 is 0 Å². The van der Waals surface area contributed by atoms with Crippen LogP contribution in [0.2, 0.25) is 0 Å². The Balaban J connectivity index is 1.60. The van der Waals surface area contributed by atoms with Crippen molar-refractivity contribution in [2.45, 2.75) is 6.92 Å². The average molecular weight is 434 g/mol. The standard InChI is InChI=1S/C33H23N/c1-22-9-6-12-24-13-7-16-27(33(22)24)25-19-20-29-28-15-4-5-17-31(28)34(32(29)21-25)30-18-8-11-23-10-2-3-14-26(23)30/h2-21H,1H3. The molecule has 160 valence electrons. The molecule has 0 aliphatic heterocycles. The highest BCUT2D eigenvalue weighted by atomic mass is 15.0. The first kappa shape index (κ1) is 19.1. The van der Waals surface area contributed by atoms with Gasteiger partial charge in [-0.2, -0.15) is 0 Å². The number of hydrogen-bond donors (Lipinski definition) is 0. The molecule has 0 radical (unpaired) electrons. The minimum absolute atomic E-state index is 1.22. The minimum atomic E-state index is 1.22. The molecule has 1 heteroatoms. The lowest BCUT2D eigenvalue weighted by molar-refractivity contribution is 1.20. The molecule has 0 fully saturated rings. The Bertz CT molecular complexity index is 1860. The molecule has 0 amide bonds. The van der Waals surface area contributed by atoms with E-state index in [0.717, 1.165) is 0 Å². The summed E-state index contributed by atoms with van der Waals surface area (Å²) in [5, 5.41) is 7.70. The second-order valence-electron chi connectivity index (χ2n) is 9.06. The summed E-state index contributed by atoms with van der Waals surface area (Å²) in [5.74, 6) is 0. The molecular weight excluding hydrogens is 410 g/mol. The maximum atomic E-state index is 2.44. The predicted octanol–water partition coefficient (Wildman–Crippen LogP) is 9.07. The monoisotopic (exact) mass is 433 g/mol. The van der Waals surface area contributed by atoms with Crippen LogP contribution in [0.1, 0.15) is 5.56 Å². The van der Waals surface area contributed by atoms with Gasteiger partial charge in [-0.25, -0.2) is 0 Å². The normalized spacial score (nSPS) is 11.7. The van der Waals surface area contributed by atoms with Crippen molar-refractivity contribution >= 4 is 43.4 Å². The molecule has 6 aromatic carbocycles. The van der Waals surface area contributed by atoms with E-state index in [1.807, 2.05) is 0 Å². The number of fused-ring (bicyclic) bond motifs is 5. The highest BCUT2D eigenvalue weighted by Gasteiger charge is 2.15. The average Bonchev–Trinajstić information content (AvgIpc) is 3.22. The first-order chi connectivity index (χ1) is 16.8. The highest BCUT2D eigenvalue weighted by Crippen LogP contribution is 2.38. The van der Waals surface area contributed by atoms with Crippen LogP contribution in [0.3, 0.4) is 0 Å². The molecule has 0 saturated carbocycles. The molecule has 34 heavy (non-hydrogen) atoms. The fraction of sp³-hybridized carbons (Fsp3) is 0.0303. The number of aromatic nitrogens is 1. The predicted molar refractivity (Wildman–Crippen MR) is 146 cm³/mol. The number of aryl methyl sites for hydroxylation is 1. The van der Waals surface area contributed by atoms with Crippen molar-refractivity contribution in [2.75, 3.05) is 0 Å². The Morgan fingerprint density at radius 3 is 2.09 bits per heavy atom. The van der Waals surface area contributed by atoms with Crippen LogP contribution >= 0.6 is 0 Å². The van der Waals surface area contributed by atoms with Gasteiger partial charge in [-0.05, 0) is 58.0 Å². The van der Waals surface area contributed by atoms with Crippen molar-refractivity contribution in [3.05, 3.63) is 127 Å². The Hall–Kier alpha value is -4.36. The number of benzene rings is 6. The molecule has 0 spiro atoms. The quantitative estimate of drug-likeness (QED) is 0.256. The molecule has 0 aliphatic rings. The van der Waals surface area contributed by atoms with Gasteiger partial charge in [-0.15, -0.1) is 0 Å². The van der Waals surface area contributed by atoms with E-state index in [0.29, 0.717) is 0 Å². The van der Waals surface area contributed by atoms with Crippen LogP contribution in [-0.4, -0.2) is 4.57 Å². The minimum Gasteiger partial charge on any atom is -0.309 e. The van der Waals surface area contributed by atoms with Crippen LogP contribution in [0.15, 0.2) is 121 Å². The Morgan fingerprint density at radius 1 is 0.500 bits per heavy atom. The summed E-state index contributed by atoms with van der Waals surface area (Å²) in [5.41, 5.74) is 7.53. The van der Waals surface area contributed by atoms with Gasteiger partial charge in [0, 0.05) is 16.2 Å². The first-order valence-corrected chi connectivity index (χ1v) is 11.8. The van der Waals surface area contributed by atoms with E-state index >= 15 is 0 Å². The van der Waals surface area contributed by atoms with Gasteiger partial charge in [0.1, 0.15) is 0 Å². The summed E-state index contributed by atoms with van der Waals surface area (Å²) in [6.45, 7) is 2.21. The lowest BCUT2D eigenvalue weighted by Gasteiger charge is -2.13.